The molecule has 0 aromatic heterocycles. The molecule has 1 aliphatic rings. The zero-order valence-electron chi connectivity index (χ0n) is 14.6. The molecule has 1 unspecified atom stereocenters. The Morgan fingerprint density at radius 1 is 1.20 bits per heavy atom. The third-order valence-corrected chi connectivity index (χ3v) is 4.42. The fourth-order valence-electron chi connectivity index (χ4n) is 3.20. The second-order valence-corrected chi connectivity index (χ2v) is 6.18. The lowest BCUT2D eigenvalue weighted by molar-refractivity contribution is 0.474. The van der Waals surface area contributed by atoms with Crippen LogP contribution in [0.1, 0.15) is 30.4 Å². The minimum atomic E-state index is 0. The first-order valence-corrected chi connectivity index (χ1v) is 8.62. The molecule has 1 atom stereocenters. The lowest BCUT2D eigenvalue weighted by Crippen LogP contribution is -2.40. The summed E-state index contributed by atoms with van der Waals surface area (Å²) in [6, 6.07) is 18.0. The summed E-state index contributed by atoms with van der Waals surface area (Å²) in [5, 5.41) is 13.0. The second kappa shape index (κ2) is 9.65. The maximum absolute atomic E-state index is 9.58. The molecule has 3 rings (SSSR count). The first-order valence-electron chi connectivity index (χ1n) is 8.62. The Labute approximate surface area is 167 Å². The number of rotatable bonds is 4. The average Bonchev–Trinajstić information content (AvgIpc) is 3.09. The quantitative estimate of drug-likeness (QED) is 0.420. The van der Waals surface area contributed by atoms with Crippen molar-refractivity contribution in [1.82, 2.24) is 10.2 Å². The normalized spacial score (nSPS) is 17.2. The van der Waals surface area contributed by atoms with Gasteiger partial charge in [0.2, 0.25) is 0 Å². The highest BCUT2D eigenvalue weighted by Gasteiger charge is 2.25. The van der Waals surface area contributed by atoms with Crippen LogP contribution in [0, 0.1) is 0 Å². The van der Waals surface area contributed by atoms with E-state index < -0.39 is 0 Å². The van der Waals surface area contributed by atoms with Crippen molar-refractivity contribution in [1.29, 1.82) is 0 Å². The van der Waals surface area contributed by atoms with Crippen LogP contribution in [0.15, 0.2) is 59.6 Å². The fourth-order valence-corrected chi connectivity index (χ4v) is 3.20. The highest BCUT2D eigenvalue weighted by atomic mass is 127. The van der Waals surface area contributed by atoms with Gasteiger partial charge in [-0.15, -0.1) is 24.0 Å². The van der Waals surface area contributed by atoms with Gasteiger partial charge >= 0.3 is 0 Å². The lowest BCUT2D eigenvalue weighted by Gasteiger charge is -2.21. The number of halogens is 1. The van der Waals surface area contributed by atoms with Crippen LogP contribution in [0.2, 0.25) is 0 Å². The number of phenolic OH excluding ortho intramolecular Hbond substituents is 1. The summed E-state index contributed by atoms with van der Waals surface area (Å²) in [4.78, 5) is 7.09. The van der Waals surface area contributed by atoms with Crippen LogP contribution in [0.3, 0.4) is 0 Å². The number of nitrogens with zero attached hydrogens (tertiary/aromatic N) is 2. The van der Waals surface area contributed by atoms with Gasteiger partial charge in [-0.1, -0.05) is 42.5 Å². The first-order chi connectivity index (χ1) is 11.8. The van der Waals surface area contributed by atoms with E-state index in [4.69, 9.17) is 4.99 Å². The number of hydrogen-bond acceptors (Lipinski definition) is 2. The molecule has 2 aromatic carbocycles. The molecule has 2 aromatic rings. The third-order valence-electron chi connectivity index (χ3n) is 4.42. The van der Waals surface area contributed by atoms with Crippen LogP contribution >= 0.6 is 24.0 Å². The molecular weight excluding hydrogens is 425 g/mol. The molecule has 0 amide bonds. The molecule has 0 saturated carbocycles. The van der Waals surface area contributed by atoms with E-state index in [0.717, 1.165) is 37.6 Å². The Kier molecular flexibility index (Phi) is 7.55. The molecule has 0 aliphatic carbocycles. The van der Waals surface area contributed by atoms with Crippen LogP contribution in [0.25, 0.3) is 0 Å². The monoisotopic (exact) mass is 451 g/mol. The number of guanidine groups is 1. The first kappa shape index (κ1) is 19.6. The average molecular weight is 451 g/mol. The summed E-state index contributed by atoms with van der Waals surface area (Å²) in [6.45, 7) is 5.53. The third kappa shape index (κ3) is 5.36. The predicted molar refractivity (Wildman–Crippen MR) is 114 cm³/mol. The van der Waals surface area contributed by atoms with Crippen molar-refractivity contribution in [2.75, 3.05) is 19.6 Å². The van der Waals surface area contributed by atoms with E-state index in [1.54, 1.807) is 12.1 Å². The van der Waals surface area contributed by atoms with Crippen LogP contribution in [-0.4, -0.2) is 35.6 Å². The molecule has 134 valence electrons. The van der Waals surface area contributed by atoms with E-state index >= 15 is 0 Å². The number of aromatic hydroxyl groups is 1. The largest absolute Gasteiger partial charge is 0.508 e. The summed E-state index contributed by atoms with van der Waals surface area (Å²) in [5.41, 5.74) is 2.42. The molecule has 2 N–H and O–H groups in total. The minimum Gasteiger partial charge on any atom is -0.508 e. The standard InChI is InChI=1S/C20H25N3O.HI/c1-2-21-20(22-14-16-7-6-10-19(24)13-16)23-12-11-18(15-23)17-8-4-3-5-9-17;/h3-10,13,18,24H,2,11-12,14-15H2,1H3,(H,21,22);1H. The number of likely N-dealkylation sites (tertiary alicyclic amines) is 1. The van der Waals surface area contributed by atoms with Crippen LogP contribution in [-0.2, 0) is 6.54 Å². The van der Waals surface area contributed by atoms with Crippen LogP contribution in [0.4, 0.5) is 0 Å². The summed E-state index contributed by atoms with van der Waals surface area (Å²) in [6.07, 6.45) is 1.15. The van der Waals surface area contributed by atoms with Gasteiger partial charge in [0.1, 0.15) is 5.75 Å². The molecule has 25 heavy (non-hydrogen) atoms. The van der Waals surface area contributed by atoms with E-state index in [2.05, 4.69) is 47.5 Å². The van der Waals surface area contributed by atoms with Gasteiger partial charge < -0.3 is 15.3 Å². The van der Waals surface area contributed by atoms with Gasteiger partial charge in [-0.3, -0.25) is 0 Å². The number of benzene rings is 2. The van der Waals surface area contributed by atoms with Gasteiger partial charge in [-0.2, -0.15) is 0 Å². The highest BCUT2D eigenvalue weighted by Crippen LogP contribution is 2.27. The van der Waals surface area contributed by atoms with Crippen molar-refractivity contribution in [3.63, 3.8) is 0 Å². The second-order valence-electron chi connectivity index (χ2n) is 6.18. The molecule has 0 spiro atoms. The minimum absolute atomic E-state index is 0. The molecule has 1 fully saturated rings. The Bertz CT molecular complexity index is 690. The molecule has 4 nitrogen and oxygen atoms in total. The topological polar surface area (TPSA) is 47.9 Å². The van der Waals surface area contributed by atoms with Gasteiger partial charge in [0.25, 0.3) is 0 Å². The van der Waals surface area contributed by atoms with E-state index in [1.807, 2.05) is 12.1 Å². The molecule has 5 heteroatoms. The SMILES string of the molecule is CCNC(=NCc1cccc(O)c1)N1CCC(c2ccccc2)C1.I. The summed E-state index contributed by atoms with van der Waals surface area (Å²) in [5.74, 6) is 1.81. The highest BCUT2D eigenvalue weighted by molar-refractivity contribution is 14.0. The van der Waals surface area contributed by atoms with Crippen LogP contribution < -0.4 is 5.32 Å². The predicted octanol–water partition coefficient (Wildman–Crippen LogP) is 3.97. The molecule has 0 bridgehead atoms. The van der Waals surface area contributed by atoms with Gasteiger partial charge in [0.15, 0.2) is 5.96 Å². The summed E-state index contributed by atoms with van der Waals surface area (Å²) < 4.78 is 0. The Balaban J connectivity index is 0.00000225. The van der Waals surface area contributed by atoms with Crippen molar-refractivity contribution in [2.45, 2.75) is 25.8 Å². The van der Waals surface area contributed by atoms with Crippen molar-refractivity contribution < 1.29 is 5.11 Å². The molecule has 1 saturated heterocycles. The van der Waals surface area contributed by atoms with Gasteiger partial charge in [0.05, 0.1) is 6.54 Å². The number of phenols is 1. The van der Waals surface area contributed by atoms with Crippen molar-refractivity contribution in [2.24, 2.45) is 4.99 Å². The summed E-state index contributed by atoms with van der Waals surface area (Å²) in [7, 11) is 0. The Hall–Kier alpha value is -1.76. The maximum atomic E-state index is 9.58. The summed E-state index contributed by atoms with van der Waals surface area (Å²) >= 11 is 0. The van der Waals surface area contributed by atoms with E-state index in [9.17, 15) is 5.11 Å². The van der Waals surface area contributed by atoms with Gasteiger partial charge in [-0.25, -0.2) is 4.99 Å². The van der Waals surface area contributed by atoms with Gasteiger partial charge in [-0.05, 0) is 36.6 Å². The fraction of sp³-hybridized carbons (Fsp3) is 0.350. The molecular formula is C20H26IN3O. The molecule has 1 aliphatic heterocycles. The maximum Gasteiger partial charge on any atom is 0.194 e. The zero-order valence-corrected chi connectivity index (χ0v) is 16.9. The number of hydrogen-bond donors (Lipinski definition) is 2. The Morgan fingerprint density at radius 2 is 2.00 bits per heavy atom. The van der Waals surface area contributed by atoms with E-state index in [0.29, 0.717) is 12.5 Å². The van der Waals surface area contributed by atoms with Gasteiger partial charge in [0, 0.05) is 25.6 Å². The molecule has 0 radical (unpaired) electrons. The van der Waals surface area contributed by atoms with Crippen molar-refractivity contribution in [3.05, 3.63) is 65.7 Å². The van der Waals surface area contributed by atoms with Crippen molar-refractivity contribution in [3.8, 4) is 5.75 Å². The van der Waals surface area contributed by atoms with Crippen molar-refractivity contribution >= 4 is 29.9 Å². The van der Waals surface area contributed by atoms with Crippen LogP contribution in [0.5, 0.6) is 5.75 Å². The zero-order chi connectivity index (χ0) is 16.8. The number of aliphatic imine (C=N–C) groups is 1. The van der Waals surface area contributed by atoms with E-state index in [1.165, 1.54) is 5.56 Å². The van der Waals surface area contributed by atoms with E-state index in [-0.39, 0.29) is 29.7 Å². The molecule has 1 heterocycles. The smallest absolute Gasteiger partial charge is 0.194 e. The number of nitrogens with one attached hydrogen (secondary N) is 1. The lowest BCUT2D eigenvalue weighted by atomic mass is 9.99. The Morgan fingerprint density at radius 3 is 2.72 bits per heavy atom.